The molecule has 1 aliphatic heterocycles. The number of halogens is 1. The maximum absolute atomic E-state index is 12.9. The molecule has 0 spiro atoms. The molecule has 150 valence electrons. The Morgan fingerprint density at radius 3 is 2.50 bits per heavy atom. The van der Waals surface area contributed by atoms with Gasteiger partial charge in [0.1, 0.15) is 0 Å². The average Bonchev–Trinajstić information content (AvgIpc) is 2.70. The number of aryl methyl sites for hydroxylation is 1. The van der Waals surface area contributed by atoms with Crippen molar-refractivity contribution in [3.63, 3.8) is 0 Å². The van der Waals surface area contributed by atoms with E-state index in [2.05, 4.69) is 5.32 Å². The highest BCUT2D eigenvalue weighted by molar-refractivity contribution is 7.89. The molecule has 0 unspecified atom stereocenters. The maximum atomic E-state index is 12.9. The zero-order chi connectivity index (χ0) is 20.1. The van der Waals surface area contributed by atoms with Crippen LogP contribution in [0.25, 0.3) is 0 Å². The Balaban J connectivity index is 1.57. The molecule has 0 aliphatic carbocycles. The van der Waals surface area contributed by atoms with Crippen molar-refractivity contribution in [3.8, 4) is 0 Å². The van der Waals surface area contributed by atoms with E-state index in [4.69, 9.17) is 11.6 Å². The first-order valence-electron chi connectivity index (χ1n) is 9.45. The van der Waals surface area contributed by atoms with Crippen LogP contribution >= 0.6 is 11.6 Å². The first kappa shape index (κ1) is 20.8. The van der Waals surface area contributed by atoms with Gasteiger partial charge < -0.3 is 5.32 Å². The average molecular weight is 421 g/mol. The number of carbonyl (C=O) groups is 1. The van der Waals surface area contributed by atoms with Crippen molar-refractivity contribution in [1.82, 2.24) is 9.62 Å². The molecule has 2 aromatic carbocycles. The molecule has 2 aromatic rings. The van der Waals surface area contributed by atoms with Crippen LogP contribution in [-0.4, -0.2) is 38.3 Å². The molecule has 1 atom stereocenters. The summed E-state index contributed by atoms with van der Waals surface area (Å²) in [6.07, 6.45) is 2.09. The van der Waals surface area contributed by atoms with Crippen LogP contribution in [0.1, 0.15) is 24.0 Å². The van der Waals surface area contributed by atoms with Crippen molar-refractivity contribution in [2.45, 2.75) is 31.1 Å². The van der Waals surface area contributed by atoms with Gasteiger partial charge in [-0.15, -0.1) is 0 Å². The first-order chi connectivity index (χ1) is 13.4. The Kier molecular flexibility index (Phi) is 6.75. The molecule has 1 saturated heterocycles. The second-order valence-electron chi connectivity index (χ2n) is 7.18. The minimum Gasteiger partial charge on any atom is -0.355 e. The lowest BCUT2D eigenvalue weighted by Crippen LogP contribution is -2.45. The minimum atomic E-state index is -3.57. The molecule has 0 bridgehead atoms. The van der Waals surface area contributed by atoms with Gasteiger partial charge in [-0.3, -0.25) is 4.79 Å². The monoisotopic (exact) mass is 420 g/mol. The molecule has 3 rings (SSSR count). The summed E-state index contributed by atoms with van der Waals surface area (Å²) < 4.78 is 27.2. The molecular formula is C21H25ClN2O3S. The zero-order valence-corrected chi connectivity index (χ0v) is 17.5. The summed E-state index contributed by atoms with van der Waals surface area (Å²) in [5, 5.41) is 3.63. The van der Waals surface area contributed by atoms with Gasteiger partial charge in [-0.25, -0.2) is 8.42 Å². The van der Waals surface area contributed by atoms with Crippen molar-refractivity contribution in [2.75, 3.05) is 19.6 Å². The van der Waals surface area contributed by atoms with E-state index in [0.717, 1.165) is 11.1 Å². The third-order valence-electron chi connectivity index (χ3n) is 5.04. The van der Waals surface area contributed by atoms with Crippen molar-refractivity contribution in [1.29, 1.82) is 0 Å². The Bertz CT molecular complexity index is 912. The zero-order valence-electron chi connectivity index (χ0n) is 15.9. The lowest BCUT2D eigenvalue weighted by molar-refractivity contribution is -0.126. The molecule has 0 saturated carbocycles. The highest BCUT2D eigenvalue weighted by atomic mass is 35.5. The lowest BCUT2D eigenvalue weighted by atomic mass is 9.99. The molecule has 7 heteroatoms. The van der Waals surface area contributed by atoms with Crippen LogP contribution in [0.15, 0.2) is 53.4 Å². The van der Waals surface area contributed by atoms with Gasteiger partial charge in [-0.05, 0) is 56.0 Å². The highest BCUT2D eigenvalue weighted by Gasteiger charge is 2.33. The largest absolute Gasteiger partial charge is 0.355 e. The highest BCUT2D eigenvalue weighted by Crippen LogP contribution is 2.24. The predicted molar refractivity (Wildman–Crippen MR) is 111 cm³/mol. The van der Waals surface area contributed by atoms with E-state index in [1.165, 1.54) is 4.31 Å². The molecule has 0 radical (unpaired) electrons. The number of sulfonamides is 1. The van der Waals surface area contributed by atoms with Gasteiger partial charge in [0.15, 0.2) is 0 Å². The number of carbonyl (C=O) groups excluding carboxylic acids is 1. The molecule has 1 aliphatic rings. The summed E-state index contributed by atoms with van der Waals surface area (Å²) in [5.41, 5.74) is 2.10. The van der Waals surface area contributed by atoms with E-state index in [0.29, 0.717) is 37.4 Å². The normalized spacial score (nSPS) is 18.0. The van der Waals surface area contributed by atoms with E-state index in [1.54, 1.807) is 24.3 Å². The van der Waals surface area contributed by atoms with Gasteiger partial charge in [-0.2, -0.15) is 4.31 Å². The number of amides is 1. The molecule has 0 aromatic heterocycles. The Hall–Kier alpha value is -1.89. The van der Waals surface area contributed by atoms with Crippen LogP contribution in [0.2, 0.25) is 5.02 Å². The molecule has 1 amide bonds. The number of nitrogens with zero attached hydrogens (tertiary/aromatic N) is 1. The van der Waals surface area contributed by atoms with Crippen molar-refractivity contribution in [2.24, 2.45) is 5.92 Å². The SMILES string of the molecule is Cc1ccc(S(=O)(=O)N2CCC[C@@H](C(=O)NCCc3ccc(Cl)cc3)C2)cc1. The number of hydrogen-bond donors (Lipinski definition) is 1. The summed E-state index contributed by atoms with van der Waals surface area (Å²) in [5.74, 6) is -0.406. The Morgan fingerprint density at radius 1 is 1.14 bits per heavy atom. The van der Waals surface area contributed by atoms with Crippen LogP contribution in [0, 0.1) is 12.8 Å². The summed E-state index contributed by atoms with van der Waals surface area (Å²) in [6.45, 7) is 3.11. The van der Waals surface area contributed by atoms with Crippen molar-refractivity contribution in [3.05, 3.63) is 64.7 Å². The van der Waals surface area contributed by atoms with Crippen molar-refractivity contribution >= 4 is 27.5 Å². The minimum absolute atomic E-state index is 0.0854. The number of nitrogens with one attached hydrogen (secondary N) is 1. The van der Waals surface area contributed by atoms with Gasteiger partial charge in [-0.1, -0.05) is 41.4 Å². The number of rotatable bonds is 6. The smallest absolute Gasteiger partial charge is 0.243 e. The second kappa shape index (κ2) is 9.07. The van der Waals surface area contributed by atoms with E-state index in [9.17, 15) is 13.2 Å². The van der Waals surface area contributed by atoms with Gasteiger partial charge in [0.25, 0.3) is 0 Å². The summed E-state index contributed by atoms with van der Waals surface area (Å²) in [7, 11) is -3.57. The summed E-state index contributed by atoms with van der Waals surface area (Å²) in [4.78, 5) is 12.8. The van der Waals surface area contributed by atoms with E-state index in [-0.39, 0.29) is 23.3 Å². The summed E-state index contributed by atoms with van der Waals surface area (Å²) in [6, 6.07) is 14.4. The number of hydrogen-bond acceptors (Lipinski definition) is 3. The van der Waals surface area contributed by atoms with Crippen LogP contribution in [-0.2, 0) is 21.2 Å². The Labute approximate surface area is 171 Å². The van der Waals surface area contributed by atoms with Crippen molar-refractivity contribution < 1.29 is 13.2 Å². The molecule has 1 fully saturated rings. The fourth-order valence-electron chi connectivity index (χ4n) is 3.36. The molecular weight excluding hydrogens is 396 g/mol. The van der Waals surface area contributed by atoms with Gasteiger partial charge >= 0.3 is 0 Å². The lowest BCUT2D eigenvalue weighted by Gasteiger charge is -2.31. The van der Waals surface area contributed by atoms with Crippen LogP contribution in [0.3, 0.4) is 0 Å². The van der Waals surface area contributed by atoms with E-state index < -0.39 is 10.0 Å². The quantitative estimate of drug-likeness (QED) is 0.778. The summed E-state index contributed by atoms with van der Waals surface area (Å²) >= 11 is 5.88. The molecule has 1 N–H and O–H groups in total. The van der Waals surface area contributed by atoms with Crippen LogP contribution in [0.5, 0.6) is 0 Å². The van der Waals surface area contributed by atoms with E-state index in [1.807, 2.05) is 31.2 Å². The fraction of sp³-hybridized carbons (Fsp3) is 0.381. The molecule has 1 heterocycles. The van der Waals surface area contributed by atoms with E-state index >= 15 is 0 Å². The van der Waals surface area contributed by atoms with Gasteiger partial charge in [0, 0.05) is 24.7 Å². The fourth-order valence-corrected chi connectivity index (χ4v) is 5.01. The third kappa shape index (κ3) is 5.13. The molecule has 5 nitrogen and oxygen atoms in total. The standard InChI is InChI=1S/C21H25ClN2O3S/c1-16-4-10-20(11-5-16)28(26,27)24-14-2-3-18(15-24)21(25)23-13-12-17-6-8-19(22)9-7-17/h4-11,18H,2-3,12-15H2,1H3,(H,23,25)/t18-/m1/s1. The predicted octanol–water partition coefficient (Wildman–Crippen LogP) is 3.41. The topological polar surface area (TPSA) is 66.5 Å². The number of benzene rings is 2. The number of piperidine rings is 1. The Morgan fingerprint density at radius 2 is 1.82 bits per heavy atom. The van der Waals surface area contributed by atoms with Gasteiger partial charge in [0.2, 0.25) is 15.9 Å². The van der Waals surface area contributed by atoms with Crippen LogP contribution in [0.4, 0.5) is 0 Å². The first-order valence-corrected chi connectivity index (χ1v) is 11.3. The third-order valence-corrected chi connectivity index (χ3v) is 7.17. The van der Waals surface area contributed by atoms with Gasteiger partial charge in [0.05, 0.1) is 10.8 Å². The maximum Gasteiger partial charge on any atom is 0.243 e. The molecule has 28 heavy (non-hydrogen) atoms. The van der Waals surface area contributed by atoms with Crippen LogP contribution < -0.4 is 5.32 Å². The second-order valence-corrected chi connectivity index (χ2v) is 9.56.